The molecule has 1 heterocycles. The van der Waals surface area contributed by atoms with E-state index in [0.29, 0.717) is 25.5 Å². The van der Waals surface area contributed by atoms with E-state index in [4.69, 9.17) is 9.47 Å². The van der Waals surface area contributed by atoms with Gasteiger partial charge in [-0.3, -0.25) is 0 Å². The maximum absolute atomic E-state index is 11.6. The lowest BCUT2D eigenvalue weighted by molar-refractivity contribution is 0.230. The maximum Gasteiger partial charge on any atom is 0.191 e. The van der Waals surface area contributed by atoms with Crippen LogP contribution in [0.3, 0.4) is 0 Å². The van der Waals surface area contributed by atoms with E-state index in [-0.39, 0.29) is 23.7 Å². The van der Waals surface area contributed by atoms with Gasteiger partial charge in [0.25, 0.3) is 0 Å². The first-order valence-corrected chi connectivity index (χ1v) is 10.3. The molecule has 2 rings (SSSR count). The molecule has 1 aliphatic heterocycles. The first-order valence-electron chi connectivity index (χ1n) is 8.48. The molecule has 8 heteroatoms. The third kappa shape index (κ3) is 6.45. The summed E-state index contributed by atoms with van der Waals surface area (Å²) < 4.78 is 34.1. The van der Waals surface area contributed by atoms with Gasteiger partial charge in [0.1, 0.15) is 17.6 Å². The van der Waals surface area contributed by atoms with Crippen LogP contribution in [-0.4, -0.2) is 58.2 Å². The van der Waals surface area contributed by atoms with Crippen LogP contribution in [0.1, 0.15) is 20.3 Å². The van der Waals surface area contributed by atoms with Crippen molar-refractivity contribution in [3.05, 3.63) is 24.3 Å². The Kier molecular flexibility index (Phi) is 6.92. The first kappa shape index (κ1) is 19.4. The quantitative estimate of drug-likeness (QED) is 0.555. The molecule has 1 saturated heterocycles. The fraction of sp³-hybridized carbons (Fsp3) is 0.588. The summed E-state index contributed by atoms with van der Waals surface area (Å²) in [5, 5.41) is 6.34. The highest BCUT2D eigenvalue weighted by Crippen LogP contribution is 2.18. The summed E-state index contributed by atoms with van der Waals surface area (Å²) in [6, 6.07) is 7.31. The first-order chi connectivity index (χ1) is 11.9. The Morgan fingerprint density at radius 2 is 2.00 bits per heavy atom. The monoisotopic (exact) mass is 369 g/mol. The average molecular weight is 369 g/mol. The van der Waals surface area contributed by atoms with E-state index >= 15 is 0 Å². The minimum absolute atomic E-state index is 0.0828. The Morgan fingerprint density at radius 1 is 1.32 bits per heavy atom. The number of rotatable bonds is 7. The van der Waals surface area contributed by atoms with Crippen molar-refractivity contribution in [1.29, 1.82) is 0 Å². The Morgan fingerprint density at radius 3 is 2.56 bits per heavy atom. The van der Waals surface area contributed by atoms with Gasteiger partial charge < -0.3 is 20.1 Å². The topological polar surface area (TPSA) is 89.0 Å². The number of methoxy groups -OCH3 is 1. The zero-order valence-corrected chi connectivity index (χ0v) is 15.8. The van der Waals surface area contributed by atoms with Gasteiger partial charge in [0, 0.05) is 12.6 Å². The van der Waals surface area contributed by atoms with Crippen LogP contribution in [0, 0.1) is 0 Å². The molecule has 1 aromatic carbocycles. The van der Waals surface area contributed by atoms with Crippen molar-refractivity contribution < 1.29 is 17.9 Å². The molecule has 2 N–H and O–H groups in total. The molecule has 0 aliphatic carbocycles. The maximum atomic E-state index is 11.6. The number of nitrogens with one attached hydrogen (secondary N) is 2. The second kappa shape index (κ2) is 8.94. The molecule has 0 saturated carbocycles. The molecule has 2 atom stereocenters. The molecule has 140 valence electrons. The van der Waals surface area contributed by atoms with Gasteiger partial charge in [0.05, 0.1) is 25.2 Å². The van der Waals surface area contributed by atoms with E-state index in [2.05, 4.69) is 15.6 Å². The zero-order valence-electron chi connectivity index (χ0n) is 15.0. The molecular weight excluding hydrogens is 342 g/mol. The van der Waals surface area contributed by atoms with Crippen LogP contribution in [0.2, 0.25) is 0 Å². The van der Waals surface area contributed by atoms with Gasteiger partial charge in [-0.15, -0.1) is 0 Å². The zero-order chi connectivity index (χ0) is 18.3. The van der Waals surface area contributed by atoms with Gasteiger partial charge in [-0.25, -0.2) is 13.4 Å². The van der Waals surface area contributed by atoms with Crippen LogP contribution in [0.15, 0.2) is 29.3 Å². The summed E-state index contributed by atoms with van der Waals surface area (Å²) in [6.45, 7) is 5.08. The Hall–Kier alpha value is -1.96. The molecule has 25 heavy (non-hydrogen) atoms. The van der Waals surface area contributed by atoms with Crippen molar-refractivity contribution in [2.75, 3.05) is 31.7 Å². The lowest BCUT2D eigenvalue weighted by Crippen LogP contribution is -2.44. The molecule has 1 aromatic rings. The van der Waals surface area contributed by atoms with E-state index < -0.39 is 9.84 Å². The summed E-state index contributed by atoms with van der Waals surface area (Å²) in [5.74, 6) is 2.55. The van der Waals surface area contributed by atoms with Gasteiger partial charge >= 0.3 is 0 Å². The van der Waals surface area contributed by atoms with Gasteiger partial charge in [0.15, 0.2) is 15.8 Å². The van der Waals surface area contributed by atoms with Gasteiger partial charge in [-0.05, 0) is 44.5 Å². The van der Waals surface area contributed by atoms with E-state index in [1.807, 2.05) is 38.1 Å². The van der Waals surface area contributed by atoms with Crippen molar-refractivity contribution in [3.63, 3.8) is 0 Å². The lowest BCUT2D eigenvalue weighted by Gasteiger charge is -2.17. The number of guanidine groups is 1. The van der Waals surface area contributed by atoms with Crippen LogP contribution in [0.25, 0.3) is 0 Å². The minimum atomic E-state index is -2.91. The van der Waals surface area contributed by atoms with Crippen LogP contribution >= 0.6 is 0 Å². The van der Waals surface area contributed by atoms with Crippen molar-refractivity contribution in [1.82, 2.24) is 10.6 Å². The van der Waals surface area contributed by atoms with Crippen LogP contribution in [0.5, 0.6) is 11.5 Å². The summed E-state index contributed by atoms with van der Waals surface area (Å²) in [7, 11) is -1.29. The normalized spacial score (nSPS) is 20.8. The second-order valence-corrected chi connectivity index (χ2v) is 8.30. The summed E-state index contributed by atoms with van der Waals surface area (Å²) >= 11 is 0. The summed E-state index contributed by atoms with van der Waals surface area (Å²) in [5.41, 5.74) is 0. The average Bonchev–Trinajstić information content (AvgIpc) is 2.92. The SMILES string of the molecule is CCNC(=NCC(C)Oc1ccc(OC)cc1)NC1CCS(=O)(=O)C1. The van der Waals surface area contributed by atoms with Crippen molar-refractivity contribution in [3.8, 4) is 11.5 Å². The lowest BCUT2D eigenvalue weighted by atomic mass is 10.3. The smallest absolute Gasteiger partial charge is 0.191 e. The van der Waals surface area contributed by atoms with Gasteiger partial charge in [-0.2, -0.15) is 0 Å². The molecule has 7 nitrogen and oxygen atoms in total. The fourth-order valence-corrected chi connectivity index (χ4v) is 4.24. The predicted molar refractivity (Wildman–Crippen MR) is 99.3 cm³/mol. The third-order valence-corrected chi connectivity index (χ3v) is 5.59. The van der Waals surface area contributed by atoms with Crippen LogP contribution < -0.4 is 20.1 Å². The molecule has 0 radical (unpaired) electrons. The van der Waals surface area contributed by atoms with E-state index in [1.54, 1.807) is 7.11 Å². The number of sulfone groups is 1. The number of nitrogens with zero attached hydrogens (tertiary/aromatic N) is 1. The summed E-state index contributed by atoms with van der Waals surface area (Å²) in [4.78, 5) is 4.50. The number of benzene rings is 1. The number of aliphatic imine (C=N–C) groups is 1. The predicted octanol–water partition coefficient (Wildman–Crippen LogP) is 1.20. The highest BCUT2D eigenvalue weighted by molar-refractivity contribution is 7.91. The number of hydrogen-bond donors (Lipinski definition) is 2. The van der Waals surface area contributed by atoms with Gasteiger partial charge in [-0.1, -0.05) is 0 Å². The highest BCUT2D eigenvalue weighted by atomic mass is 32.2. The van der Waals surface area contributed by atoms with Crippen LogP contribution in [0.4, 0.5) is 0 Å². The van der Waals surface area contributed by atoms with Crippen molar-refractivity contribution in [2.24, 2.45) is 4.99 Å². The molecule has 1 fully saturated rings. The van der Waals surface area contributed by atoms with Crippen molar-refractivity contribution >= 4 is 15.8 Å². The largest absolute Gasteiger partial charge is 0.497 e. The molecule has 2 unspecified atom stereocenters. The Bertz CT molecular complexity index is 674. The van der Waals surface area contributed by atoms with Crippen molar-refractivity contribution in [2.45, 2.75) is 32.4 Å². The van der Waals surface area contributed by atoms with E-state index in [9.17, 15) is 8.42 Å². The number of ether oxygens (including phenoxy) is 2. The minimum Gasteiger partial charge on any atom is -0.497 e. The molecule has 0 bridgehead atoms. The summed E-state index contributed by atoms with van der Waals surface area (Å²) in [6.07, 6.45) is 0.501. The van der Waals surface area contributed by atoms with E-state index in [0.717, 1.165) is 11.5 Å². The fourth-order valence-electron chi connectivity index (χ4n) is 2.57. The van der Waals surface area contributed by atoms with Crippen LogP contribution in [-0.2, 0) is 9.84 Å². The number of hydrogen-bond acceptors (Lipinski definition) is 5. The third-order valence-electron chi connectivity index (χ3n) is 3.82. The van der Waals surface area contributed by atoms with E-state index in [1.165, 1.54) is 0 Å². The molecule has 0 aromatic heterocycles. The molecular formula is C17H27N3O4S. The second-order valence-electron chi connectivity index (χ2n) is 6.07. The molecule has 1 aliphatic rings. The molecule has 0 spiro atoms. The Labute approximate surface area is 149 Å². The van der Waals surface area contributed by atoms with Gasteiger partial charge in [0.2, 0.25) is 0 Å². The Balaban J connectivity index is 1.88. The molecule has 0 amide bonds. The highest BCUT2D eigenvalue weighted by Gasteiger charge is 2.28. The standard InChI is InChI=1S/C17H27N3O4S/c1-4-18-17(20-14-9-10-25(21,22)12-14)19-11-13(2)24-16-7-5-15(23-3)6-8-16/h5-8,13-14H,4,9-12H2,1-3H3,(H2,18,19,20).